The number of hydrogen-bond donors (Lipinski definition) is 1. The number of fused-ring (bicyclic) bond motifs is 3. The van der Waals surface area contributed by atoms with Crippen LogP contribution in [0.15, 0.2) is 60.7 Å². The van der Waals surface area contributed by atoms with Crippen LogP contribution in [0.1, 0.15) is 33.2 Å². The number of primary amides is 1. The van der Waals surface area contributed by atoms with Crippen LogP contribution in [-0.4, -0.2) is 19.6 Å². The second-order valence-electron chi connectivity index (χ2n) is 6.50. The number of benzene rings is 3. The lowest BCUT2D eigenvalue weighted by Crippen LogP contribution is -2.21. The fourth-order valence-corrected chi connectivity index (χ4v) is 3.66. The van der Waals surface area contributed by atoms with Crippen LogP contribution < -0.4 is 10.5 Å². The molecule has 0 saturated heterocycles. The summed E-state index contributed by atoms with van der Waals surface area (Å²) < 4.78 is 11.6. The molecule has 4 rings (SSSR count). The SMILES string of the molecule is COCCc1cccc2c1-c1cc[c]cc1C(c1ccccc1C(N)=O)O2. The lowest BCUT2D eigenvalue weighted by atomic mass is 9.85. The third-order valence-electron chi connectivity index (χ3n) is 4.89. The summed E-state index contributed by atoms with van der Waals surface area (Å²) in [6.45, 7) is 0.638. The van der Waals surface area contributed by atoms with Gasteiger partial charge in [-0.25, -0.2) is 0 Å². The molecule has 1 aliphatic rings. The number of rotatable bonds is 5. The predicted molar refractivity (Wildman–Crippen MR) is 104 cm³/mol. The van der Waals surface area contributed by atoms with Crippen molar-refractivity contribution in [1.82, 2.24) is 0 Å². The van der Waals surface area contributed by atoms with Gasteiger partial charge in [-0.2, -0.15) is 0 Å². The van der Waals surface area contributed by atoms with E-state index in [1.165, 1.54) is 5.56 Å². The summed E-state index contributed by atoms with van der Waals surface area (Å²) in [7, 11) is 1.70. The number of carbonyl (C=O) groups excluding carboxylic acids is 1. The Balaban J connectivity index is 1.89. The van der Waals surface area contributed by atoms with E-state index in [1.807, 2.05) is 42.5 Å². The lowest BCUT2D eigenvalue weighted by molar-refractivity contribution is 0.0996. The van der Waals surface area contributed by atoms with Gasteiger partial charge in [0.05, 0.1) is 6.61 Å². The highest BCUT2D eigenvalue weighted by Gasteiger charge is 2.30. The van der Waals surface area contributed by atoms with Gasteiger partial charge in [-0.05, 0) is 41.8 Å². The van der Waals surface area contributed by atoms with E-state index in [4.69, 9.17) is 15.2 Å². The number of methoxy groups -OCH3 is 1. The second-order valence-corrected chi connectivity index (χ2v) is 6.50. The summed E-state index contributed by atoms with van der Waals surface area (Å²) in [4.78, 5) is 11.9. The summed E-state index contributed by atoms with van der Waals surface area (Å²) in [5, 5.41) is 0. The Kier molecular flexibility index (Phi) is 4.65. The Morgan fingerprint density at radius 2 is 2.00 bits per heavy atom. The minimum Gasteiger partial charge on any atom is -0.480 e. The van der Waals surface area contributed by atoms with Crippen molar-refractivity contribution < 1.29 is 14.3 Å². The molecule has 0 aromatic heterocycles. The van der Waals surface area contributed by atoms with Gasteiger partial charge in [0.15, 0.2) is 6.10 Å². The topological polar surface area (TPSA) is 61.5 Å². The number of nitrogens with two attached hydrogens (primary N) is 1. The molecule has 3 aromatic rings. The standard InChI is InChI=1S/C23H20NO3/c1-26-14-13-15-7-6-12-20-21(15)16-8-2-3-9-17(16)22(27-20)18-10-4-5-11-19(18)23(24)25/h2,4-12,22H,13-14H2,1H3,(H2,24,25). The van der Waals surface area contributed by atoms with Crippen LogP contribution in [0.2, 0.25) is 0 Å². The first kappa shape index (κ1) is 17.3. The van der Waals surface area contributed by atoms with E-state index in [-0.39, 0.29) is 0 Å². The Bertz CT molecular complexity index is 996. The molecule has 3 aromatic carbocycles. The minimum absolute atomic E-state index is 0.411. The van der Waals surface area contributed by atoms with Crippen LogP contribution in [-0.2, 0) is 11.2 Å². The highest BCUT2D eigenvalue weighted by atomic mass is 16.5. The molecule has 1 atom stereocenters. The molecule has 4 heteroatoms. The van der Waals surface area contributed by atoms with Gasteiger partial charge in [-0.15, -0.1) is 0 Å². The second kappa shape index (κ2) is 7.25. The summed E-state index contributed by atoms with van der Waals surface area (Å²) in [5.41, 5.74) is 11.1. The average molecular weight is 358 g/mol. The zero-order chi connectivity index (χ0) is 18.8. The first-order chi connectivity index (χ1) is 13.2. The van der Waals surface area contributed by atoms with Crippen molar-refractivity contribution in [2.45, 2.75) is 12.5 Å². The van der Waals surface area contributed by atoms with Gasteiger partial charge in [0, 0.05) is 29.4 Å². The molecule has 135 valence electrons. The summed E-state index contributed by atoms with van der Waals surface area (Å²) in [6.07, 6.45) is 0.384. The number of carbonyl (C=O) groups is 1. The molecule has 0 spiro atoms. The van der Waals surface area contributed by atoms with Crippen LogP contribution in [0, 0.1) is 6.07 Å². The minimum atomic E-state index is -0.463. The third kappa shape index (κ3) is 3.09. The van der Waals surface area contributed by atoms with Crippen molar-refractivity contribution in [3.63, 3.8) is 0 Å². The molecule has 1 unspecified atom stereocenters. The molecule has 4 nitrogen and oxygen atoms in total. The van der Waals surface area contributed by atoms with Gasteiger partial charge in [0.25, 0.3) is 0 Å². The van der Waals surface area contributed by atoms with Gasteiger partial charge < -0.3 is 15.2 Å². The van der Waals surface area contributed by atoms with Crippen molar-refractivity contribution in [2.24, 2.45) is 5.73 Å². The molecule has 0 aliphatic carbocycles. The van der Waals surface area contributed by atoms with E-state index in [1.54, 1.807) is 19.2 Å². The smallest absolute Gasteiger partial charge is 0.249 e. The molecule has 1 heterocycles. The van der Waals surface area contributed by atoms with Gasteiger partial charge in [0.2, 0.25) is 5.91 Å². The Morgan fingerprint density at radius 3 is 2.81 bits per heavy atom. The van der Waals surface area contributed by atoms with Gasteiger partial charge in [-0.3, -0.25) is 4.79 Å². The van der Waals surface area contributed by atoms with E-state index in [9.17, 15) is 4.79 Å². The number of ether oxygens (including phenoxy) is 2. The maximum absolute atomic E-state index is 11.9. The lowest BCUT2D eigenvalue weighted by Gasteiger charge is -2.31. The molecule has 1 amide bonds. The predicted octanol–water partition coefficient (Wildman–Crippen LogP) is 3.92. The third-order valence-corrected chi connectivity index (χ3v) is 4.89. The monoisotopic (exact) mass is 358 g/mol. The molecular formula is C23H20NO3. The van der Waals surface area contributed by atoms with Crippen LogP contribution >= 0.6 is 0 Å². The van der Waals surface area contributed by atoms with Gasteiger partial charge in [-0.1, -0.05) is 42.5 Å². The van der Waals surface area contributed by atoms with E-state index in [0.717, 1.165) is 34.4 Å². The summed E-state index contributed by atoms with van der Waals surface area (Å²) in [5.74, 6) is 0.335. The van der Waals surface area contributed by atoms with Crippen molar-refractivity contribution in [3.05, 3.63) is 89.0 Å². The van der Waals surface area contributed by atoms with Crippen LogP contribution in [0.3, 0.4) is 0 Å². The van der Waals surface area contributed by atoms with Crippen molar-refractivity contribution in [3.8, 4) is 16.9 Å². The van der Waals surface area contributed by atoms with E-state index in [0.29, 0.717) is 12.2 Å². The molecule has 0 fully saturated rings. The average Bonchev–Trinajstić information content (AvgIpc) is 2.71. The highest BCUT2D eigenvalue weighted by Crippen LogP contribution is 2.46. The Labute approximate surface area is 158 Å². The fraction of sp³-hybridized carbons (Fsp3) is 0.174. The maximum Gasteiger partial charge on any atom is 0.249 e. The Morgan fingerprint density at radius 1 is 1.15 bits per heavy atom. The maximum atomic E-state index is 11.9. The molecule has 0 bridgehead atoms. The normalized spacial score (nSPS) is 14.8. The van der Waals surface area contributed by atoms with Crippen molar-refractivity contribution >= 4 is 5.91 Å². The highest BCUT2D eigenvalue weighted by molar-refractivity contribution is 5.95. The van der Waals surface area contributed by atoms with E-state index < -0.39 is 12.0 Å². The first-order valence-corrected chi connectivity index (χ1v) is 8.87. The molecule has 0 saturated carbocycles. The fourth-order valence-electron chi connectivity index (χ4n) is 3.66. The first-order valence-electron chi connectivity index (χ1n) is 8.87. The molecule has 2 N–H and O–H groups in total. The van der Waals surface area contributed by atoms with E-state index >= 15 is 0 Å². The molecular weight excluding hydrogens is 338 g/mol. The quantitative estimate of drug-likeness (QED) is 0.752. The van der Waals surface area contributed by atoms with Crippen molar-refractivity contribution in [2.75, 3.05) is 13.7 Å². The number of hydrogen-bond acceptors (Lipinski definition) is 3. The van der Waals surface area contributed by atoms with Crippen LogP contribution in [0.4, 0.5) is 0 Å². The zero-order valence-corrected chi connectivity index (χ0v) is 15.1. The van der Waals surface area contributed by atoms with E-state index in [2.05, 4.69) is 12.1 Å². The molecule has 1 radical (unpaired) electrons. The largest absolute Gasteiger partial charge is 0.480 e. The van der Waals surface area contributed by atoms with Crippen LogP contribution in [0.25, 0.3) is 11.1 Å². The Hall–Kier alpha value is -3.11. The number of amides is 1. The van der Waals surface area contributed by atoms with Gasteiger partial charge >= 0.3 is 0 Å². The summed E-state index contributed by atoms with van der Waals surface area (Å²) in [6, 6.07) is 22.4. The molecule has 1 aliphatic heterocycles. The summed E-state index contributed by atoms with van der Waals surface area (Å²) >= 11 is 0. The molecule has 27 heavy (non-hydrogen) atoms. The van der Waals surface area contributed by atoms with Crippen LogP contribution in [0.5, 0.6) is 5.75 Å². The van der Waals surface area contributed by atoms with Crippen molar-refractivity contribution in [1.29, 1.82) is 0 Å². The van der Waals surface area contributed by atoms with Gasteiger partial charge in [0.1, 0.15) is 5.75 Å². The zero-order valence-electron chi connectivity index (χ0n) is 15.1.